The second kappa shape index (κ2) is 6.72. The van der Waals surface area contributed by atoms with Gasteiger partial charge < -0.3 is 5.73 Å². The standard InChI is InChI=1S/C12H17N3O2S3.ClH/c1-8-15-9(6-18-8)10-4-5-11(19-10)20(16,17)14-7-12(2,3)13;/h4-6,14H,7,13H2,1-3H3;1H. The van der Waals surface area contributed by atoms with E-state index in [0.29, 0.717) is 0 Å². The van der Waals surface area contributed by atoms with E-state index in [4.69, 9.17) is 5.73 Å². The van der Waals surface area contributed by atoms with Crippen LogP contribution < -0.4 is 10.5 Å². The Labute approximate surface area is 139 Å². The topological polar surface area (TPSA) is 85.1 Å². The van der Waals surface area contributed by atoms with Crippen molar-refractivity contribution >= 4 is 45.1 Å². The summed E-state index contributed by atoms with van der Waals surface area (Å²) in [6, 6.07) is 3.38. The number of hydrogen-bond donors (Lipinski definition) is 2. The van der Waals surface area contributed by atoms with E-state index >= 15 is 0 Å². The third-order valence-electron chi connectivity index (χ3n) is 2.44. The normalized spacial score (nSPS) is 12.2. The van der Waals surface area contributed by atoms with Crippen LogP contribution in [0.2, 0.25) is 0 Å². The van der Waals surface area contributed by atoms with Crippen LogP contribution in [-0.4, -0.2) is 25.5 Å². The molecule has 0 saturated carbocycles. The van der Waals surface area contributed by atoms with Crippen molar-refractivity contribution < 1.29 is 8.42 Å². The highest BCUT2D eigenvalue weighted by Crippen LogP contribution is 2.31. The van der Waals surface area contributed by atoms with Gasteiger partial charge in [0.25, 0.3) is 0 Å². The lowest BCUT2D eigenvalue weighted by Gasteiger charge is -2.18. The molecule has 0 atom stereocenters. The molecule has 2 aromatic heterocycles. The van der Waals surface area contributed by atoms with Gasteiger partial charge in [-0.25, -0.2) is 18.1 Å². The van der Waals surface area contributed by atoms with Crippen molar-refractivity contribution in [1.29, 1.82) is 0 Å². The summed E-state index contributed by atoms with van der Waals surface area (Å²) in [5.41, 5.74) is 6.02. The third kappa shape index (κ3) is 5.01. The number of halogens is 1. The average Bonchev–Trinajstić information content (AvgIpc) is 2.94. The maximum absolute atomic E-state index is 12.2. The molecule has 0 spiro atoms. The summed E-state index contributed by atoms with van der Waals surface area (Å²) >= 11 is 2.75. The molecule has 0 amide bonds. The lowest BCUT2D eigenvalue weighted by molar-refractivity contribution is 0.498. The van der Waals surface area contributed by atoms with Crippen LogP contribution >= 0.6 is 35.1 Å². The highest BCUT2D eigenvalue weighted by Gasteiger charge is 2.21. The minimum absolute atomic E-state index is 0. The van der Waals surface area contributed by atoms with Gasteiger partial charge in [-0.15, -0.1) is 35.1 Å². The van der Waals surface area contributed by atoms with E-state index in [1.807, 2.05) is 12.3 Å². The van der Waals surface area contributed by atoms with Gasteiger partial charge in [0.15, 0.2) is 0 Å². The fourth-order valence-electron chi connectivity index (χ4n) is 1.43. The number of sulfonamides is 1. The van der Waals surface area contributed by atoms with Crippen LogP contribution in [0.25, 0.3) is 10.6 Å². The number of aryl methyl sites for hydroxylation is 1. The Kier molecular flexibility index (Phi) is 5.93. The summed E-state index contributed by atoms with van der Waals surface area (Å²) in [6.07, 6.45) is 0. The molecule has 0 aliphatic heterocycles. The van der Waals surface area contributed by atoms with E-state index in [2.05, 4.69) is 9.71 Å². The lowest BCUT2D eigenvalue weighted by Crippen LogP contribution is -2.44. The molecule has 0 aliphatic rings. The maximum atomic E-state index is 12.2. The maximum Gasteiger partial charge on any atom is 0.250 e. The molecule has 21 heavy (non-hydrogen) atoms. The van der Waals surface area contributed by atoms with Crippen molar-refractivity contribution in [2.75, 3.05) is 6.54 Å². The number of aromatic nitrogens is 1. The van der Waals surface area contributed by atoms with Gasteiger partial charge in [-0.2, -0.15) is 0 Å². The average molecular weight is 368 g/mol. The SMILES string of the molecule is Cc1nc(-c2ccc(S(=O)(=O)NCC(C)(C)N)s2)cs1.Cl. The van der Waals surface area contributed by atoms with Crippen LogP contribution in [0, 0.1) is 6.92 Å². The zero-order valence-electron chi connectivity index (χ0n) is 11.9. The highest BCUT2D eigenvalue weighted by atomic mass is 35.5. The van der Waals surface area contributed by atoms with Crippen LogP contribution in [0.15, 0.2) is 21.7 Å². The monoisotopic (exact) mass is 367 g/mol. The predicted molar refractivity (Wildman–Crippen MR) is 90.9 cm³/mol. The van der Waals surface area contributed by atoms with Crippen LogP contribution in [0.1, 0.15) is 18.9 Å². The first-order valence-corrected chi connectivity index (χ1v) is 9.16. The second-order valence-corrected chi connectivity index (χ2v) is 9.32. The van der Waals surface area contributed by atoms with Crippen molar-refractivity contribution in [3.05, 3.63) is 22.5 Å². The van der Waals surface area contributed by atoms with E-state index in [0.717, 1.165) is 15.6 Å². The predicted octanol–water partition coefficient (Wildman–Crippen LogP) is 2.62. The summed E-state index contributed by atoms with van der Waals surface area (Å²) in [5.74, 6) is 0. The molecule has 0 aromatic carbocycles. The number of rotatable bonds is 5. The van der Waals surface area contributed by atoms with Crippen LogP contribution in [0.3, 0.4) is 0 Å². The number of nitrogens with one attached hydrogen (secondary N) is 1. The second-order valence-electron chi connectivity index (χ2n) is 5.18. The fourth-order valence-corrected chi connectivity index (χ4v) is 4.65. The molecule has 5 nitrogen and oxygen atoms in total. The molecule has 2 heterocycles. The molecule has 0 bridgehead atoms. The van der Waals surface area contributed by atoms with Crippen molar-refractivity contribution in [3.8, 4) is 10.6 Å². The van der Waals surface area contributed by atoms with Gasteiger partial charge in [-0.3, -0.25) is 0 Å². The zero-order valence-corrected chi connectivity index (χ0v) is 15.2. The Bertz CT molecular complexity index is 701. The Hall–Kier alpha value is -0.510. The van der Waals surface area contributed by atoms with Crippen LogP contribution in [0.5, 0.6) is 0 Å². The minimum Gasteiger partial charge on any atom is -0.324 e. The summed E-state index contributed by atoms with van der Waals surface area (Å²) in [5, 5.41) is 2.88. The number of thiazole rings is 1. The van der Waals surface area contributed by atoms with Crippen molar-refractivity contribution in [2.24, 2.45) is 5.73 Å². The van der Waals surface area contributed by atoms with Crippen molar-refractivity contribution in [2.45, 2.75) is 30.5 Å². The van der Waals surface area contributed by atoms with Crippen molar-refractivity contribution in [1.82, 2.24) is 9.71 Å². The van der Waals surface area contributed by atoms with Gasteiger partial charge in [0, 0.05) is 17.5 Å². The Morgan fingerprint density at radius 3 is 2.57 bits per heavy atom. The molecule has 2 aromatic rings. The van der Waals surface area contributed by atoms with Gasteiger partial charge in [-0.1, -0.05) is 0 Å². The molecule has 0 unspecified atom stereocenters. The molecule has 0 fully saturated rings. The van der Waals surface area contributed by atoms with Gasteiger partial charge in [0.05, 0.1) is 15.6 Å². The quantitative estimate of drug-likeness (QED) is 0.850. The molecule has 2 rings (SSSR count). The van der Waals surface area contributed by atoms with Gasteiger partial charge in [-0.05, 0) is 32.9 Å². The molecule has 118 valence electrons. The molecular weight excluding hydrogens is 350 g/mol. The van der Waals surface area contributed by atoms with Gasteiger partial charge >= 0.3 is 0 Å². The summed E-state index contributed by atoms with van der Waals surface area (Å²) in [6.45, 7) is 5.66. The van der Waals surface area contributed by atoms with Crippen LogP contribution in [0.4, 0.5) is 0 Å². The number of hydrogen-bond acceptors (Lipinski definition) is 6. The summed E-state index contributed by atoms with van der Waals surface area (Å²) < 4.78 is 27.1. The zero-order chi connectivity index (χ0) is 15.0. The number of thiophene rings is 1. The van der Waals surface area contributed by atoms with Crippen molar-refractivity contribution in [3.63, 3.8) is 0 Å². The first-order valence-electron chi connectivity index (χ1n) is 5.98. The Morgan fingerprint density at radius 2 is 2.05 bits per heavy atom. The molecule has 9 heteroatoms. The molecular formula is C12H18ClN3O2S3. The van der Waals surface area contributed by atoms with E-state index in [1.165, 1.54) is 11.3 Å². The lowest BCUT2D eigenvalue weighted by atomic mass is 10.1. The molecule has 0 saturated heterocycles. The van der Waals surface area contributed by atoms with Gasteiger partial charge in [0.1, 0.15) is 4.21 Å². The van der Waals surface area contributed by atoms with E-state index in [9.17, 15) is 8.42 Å². The minimum atomic E-state index is -3.51. The Balaban J connectivity index is 0.00000220. The number of nitrogens with zero attached hydrogens (tertiary/aromatic N) is 1. The van der Waals surface area contributed by atoms with Crippen LogP contribution in [-0.2, 0) is 10.0 Å². The summed E-state index contributed by atoms with van der Waals surface area (Å²) in [7, 11) is -3.51. The van der Waals surface area contributed by atoms with E-state index in [1.54, 1.807) is 37.3 Å². The fraction of sp³-hybridized carbons (Fsp3) is 0.417. The first kappa shape index (κ1) is 18.5. The highest BCUT2D eigenvalue weighted by molar-refractivity contribution is 7.91. The third-order valence-corrected chi connectivity index (χ3v) is 6.21. The molecule has 3 N–H and O–H groups in total. The largest absolute Gasteiger partial charge is 0.324 e. The molecule has 0 aliphatic carbocycles. The Morgan fingerprint density at radius 1 is 1.38 bits per heavy atom. The van der Waals surface area contributed by atoms with Gasteiger partial charge in [0.2, 0.25) is 10.0 Å². The number of nitrogens with two attached hydrogens (primary N) is 1. The smallest absolute Gasteiger partial charge is 0.250 e. The van der Waals surface area contributed by atoms with E-state index in [-0.39, 0.29) is 23.2 Å². The molecule has 0 radical (unpaired) electrons. The summed E-state index contributed by atoms with van der Waals surface area (Å²) in [4.78, 5) is 5.20. The first-order chi connectivity index (χ1) is 9.17. The van der Waals surface area contributed by atoms with E-state index < -0.39 is 15.6 Å².